The van der Waals surface area contributed by atoms with Crippen molar-refractivity contribution in [1.29, 1.82) is 0 Å². The number of nitrogens with one attached hydrogen (secondary N) is 1. The van der Waals surface area contributed by atoms with Crippen molar-refractivity contribution in [2.75, 3.05) is 0 Å². The molecule has 1 aromatic heterocycles. The van der Waals surface area contributed by atoms with Gasteiger partial charge in [0.25, 0.3) is 0 Å². The van der Waals surface area contributed by atoms with E-state index < -0.39 is 5.97 Å². The van der Waals surface area contributed by atoms with Crippen molar-refractivity contribution in [3.05, 3.63) is 41.8 Å². The zero-order valence-electron chi connectivity index (χ0n) is 7.57. The van der Waals surface area contributed by atoms with Gasteiger partial charge in [-0.3, -0.25) is 5.10 Å². The molecule has 2 rings (SSSR count). The molecule has 1 aromatic carbocycles. The fraction of sp³-hybridized carbons (Fsp3) is 0. The molecule has 1 heterocycles. The van der Waals surface area contributed by atoms with E-state index in [9.17, 15) is 9.18 Å². The maximum atomic E-state index is 12.9. The Bertz CT molecular complexity index is 508. The molecule has 0 saturated heterocycles. The number of hydrogen-bond acceptors (Lipinski definition) is 2. The van der Waals surface area contributed by atoms with E-state index in [-0.39, 0.29) is 11.5 Å². The maximum absolute atomic E-state index is 12.9. The summed E-state index contributed by atoms with van der Waals surface area (Å²) in [4.78, 5) is 10.6. The largest absolute Gasteiger partial charge is 0.476 e. The number of aromatic amines is 1. The van der Waals surface area contributed by atoms with Crippen LogP contribution in [0.1, 0.15) is 10.5 Å². The summed E-state index contributed by atoms with van der Waals surface area (Å²) >= 11 is 0. The number of halogens is 1. The van der Waals surface area contributed by atoms with Crippen LogP contribution in [0.15, 0.2) is 30.3 Å². The summed E-state index contributed by atoms with van der Waals surface area (Å²) < 4.78 is 12.9. The number of H-pyrrole nitrogens is 1. The van der Waals surface area contributed by atoms with E-state index >= 15 is 0 Å². The lowest BCUT2D eigenvalue weighted by atomic mass is 10.1. The molecule has 0 amide bonds. The number of benzene rings is 1. The van der Waals surface area contributed by atoms with E-state index in [0.29, 0.717) is 11.3 Å². The topological polar surface area (TPSA) is 66.0 Å². The van der Waals surface area contributed by atoms with E-state index in [4.69, 9.17) is 5.11 Å². The summed E-state index contributed by atoms with van der Waals surface area (Å²) in [5.74, 6) is -1.49. The van der Waals surface area contributed by atoms with E-state index in [1.807, 2.05) is 0 Å². The third-order valence-electron chi connectivity index (χ3n) is 1.93. The molecule has 4 nitrogen and oxygen atoms in total. The molecule has 15 heavy (non-hydrogen) atoms. The molecular weight excluding hydrogens is 199 g/mol. The molecular formula is C10H7FN2O2. The summed E-state index contributed by atoms with van der Waals surface area (Å²) in [7, 11) is 0. The molecule has 76 valence electrons. The molecule has 0 aliphatic carbocycles. The minimum Gasteiger partial charge on any atom is -0.476 e. The molecule has 0 aliphatic rings. The van der Waals surface area contributed by atoms with Crippen molar-refractivity contribution in [1.82, 2.24) is 10.2 Å². The molecule has 0 atom stereocenters. The first-order valence-corrected chi connectivity index (χ1v) is 4.21. The van der Waals surface area contributed by atoms with Gasteiger partial charge in [0, 0.05) is 5.56 Å². The van der Waals surface area contributed by atoms with Gasteiger partial charge in [0.2, 0.25) is 0 Å². The van der Waals surface area contributed by atoms with Crippen LogP contribution in [0, 0.1) is 5.82 Å². The Hall–Kier alpha value is -2.17. The van der Waals surface area contributed by atoms with Gasteiger partial charge in [-0.2, -0.15) is 5.10 Å². The third-order valence-corrected chi connectivity index (χ3v) is 1.93. The first-order valence-electron chi connectivity index (χ1n) is 4.21. The van der Waals surface area contributed by atoms with Gasteiger partial charge in [-0.1, -0.05) is 12.1 Å². The van der Waals surface area contributed by atoms with Gasteiger partial charge in [-0.15, -0.1) is 0 Å². The Kier molecular flexibility index (Phi) is 2.21. The summed E-state index contributed by atoms with van der Waals surface area (Å²) in [5, 5.41) is 14.8. The van der Waals surface area contributed by atoms with E-state index in [2.05, 4.69) is 10.2 Å². The Labute approximate surface area is 84.4 Å². The molecule has 2 N–H and O–H groups in total. The van der Waals surface area contributed by atoms with Crippen LogP contribution in [-0.2, 0) is 0 Å². The highest BCUT2D eigenvalue weighted by Gasteiger charge is 2.09. The first-order chi connectivity index (χ1) is 7.16. The number of aromatic nitrogens is 2. The van der Waals surface area contributed by atoms with Crippen LogP contribution in [0.5, 0.6) is 0 Å². The highest BCUT2D eigenvalue weighted by Crippen LogP contribution is 2.18. The molecule has 0 spiro atoms. The number of carbonyl (C=O) groups is 1. The van der Waals surface area contributed by atoms with Gasteiger partial charge < -0.3 is 5.11 Å². The molecule has 0 radical (unpaired) electrons. The number of aromatic carboxylic acids is 1. The lowest BCUT2D eigenvalue weighted by molar-refractivity contribution is 0.0690. The van der Waals surface area contributed by atoms with Crippen molar-refractivity contribution in [2.45, 2.75) is 0 Å². The van der Waals surface area contributed by atoms with Crippen LogP contribution in [0.4, 0.5) is 4.39 Å². The van der Waals surface area contributed by atoms with E-state index in [0.717, 1.165) is 0 Å². The van der Waals surface area contributed by atoms with Gasteiger partial charge in [0.15, 0.2) is 5.69 Å². The number of rotatable bonds is 2. The Morgan fingerprint density at radius 3 is 2.80 bits per heavy atom. The monoisotopic (exact) mass is 206 g/mol. The number of nitrogens with zero attached hydrogens (tertiary/aromatic N) is 1. The normalized spacial score (nSPS) is 10.2. The fourth-order valence-corrected chi connectivity index (χ4v) is 1.24. The van der Waals surface area contributed by atoms with Gasteiger partial charge >= 0.3 is 5.97 Å². The quantitative estimate of drug-likeness (QED) is 0.788. The predicted octanol–water partition coefficient (Wildman–Crippen LogP) is 1.91. The lowest BCUT2D eigenvalue weighted by Gasteiger charge is -1.95. The summed E-state index contributed by atoms with van der Waals surface area (Å²) in [6, 6.07) is 7.20. The zero-order valence-corrected chi connectivity index (χ0v) is 7.57. The first kappa shape index (κ1) is 9.39. The minimum atomic E-state index is -1.12. The molecule has 0 aliphatic heterocycles. The molecule has 0 unspecified atom stereocenters. The molecule has 0 saturated carbocycles. The van der Waals surface area contributed by atoms with Crippen LogP contribution < -0.4 is 0 Å². The molecule has 0 bridgehead atoms. The second kappa shape index (κ2) is 3.53. The van der Waals surface area contributed by atoms with Crippen LogP contribution in [0.25, 0.3) is 11.3 Å². The second-order valence-corrected chi connectivity index (χ2v) is 2.98. The number of hydrogen-bond donors (Lipinski definition) is 2. The Morgan fingerprint density at radius 2 is 2.20 bits per heavy atom. The number of carboxylic acids is 1. The van der Waals surface area contributed by atoms with Crippen molar-refractivity contribution >= 4 is 5.97 Å². The van der Waals surface area contributed by atoms with Gasteiger partial charge in [-0.05, 0) is 18.2 Å². The molecule has 2 aromatic rings. The maximum Gasteiger partial charge on any atom is 0.356 e. The van der Waals surface area contributed by atoms with E-state index in [1.165, 1.54) is 18.2 Å². The summed E-state index contributed by atoms with van der Waals surface area (Å²) in [6.07, 6.45) is 0. The second-order valence-electron chi connectivity index (χ2n) is 2.98. The summed E-state index contributed by atoms with van der Waals surface area (Å²) in [6.45, 7) is 0. The van der Waals surface area contributed by atoms with E-state index in [1.54, 1.807) is 12.1 Å². The average Bonchev–Trinajstić information content (AvgIpc) is 2.66. The summed E-state index contributed by atoms with van der Waals surface area (Å²) in [5.41, 5.74) is 0.955. The van der Waals surface area contributed by atoms with Gasteiger partial charge in [0.05, 0.1) is 5.69 Å². The Balaban J connectivity index is 2.41. The third kappa shape index (κ3) is 1.85. The Morgan fingerprint density at radius 1 is 1.40 bits per heavy atom. The van der Waals surface area contributed by atoms with Crippen molar-refractivity contribution in [2.24, 2.45) is 0 Å². The highest BCUT2D eigenvalue weighted by molar-refractivity contribution is 5.86. The molecule has 0 fully saturated rings. The zero-order chi connectivity index (χ0) is 10.8. The smallest absolute Gasteiger partial charge is 0.356 e. The highest BCUT2D eigenvalue weighted by atomic mass is 19.1. The minimum absolute atomic E-state index is 0.0886. The molecule has 5 heteroatoms. The SMILES string of the molecule is O=C(O)c1cc(-c2cccc(F)c2)[nH]n1. The van der Waals surface area contributed by atoms with Crippen molar-refractivity contribution in [3.8, 4) is 11.3 Å². The standard InChI is InChI=1S/C10H7FN2O2/c11-7-3-1-2-6(4-7)8-5-9(10(14)15)13-12-8/h1-5H,(H,12,13)(H,14,15). The average molecular weight is 206 g/mol. The van der Waals surface area contributed by atoms with Crippen LogP contribution in [0.3, 0.4) is 0 Å². The predicted molar refractivity (Wildman–Crippen MR) is 50.9 cm³/mol. The van der Waals surface area contributed by atoms with Crippen LogP contribution >= 0.6 is 0 Å². The van der Waals surface area contributed by atoms with Gasteiger partial charge in [0.1, 0.15) is 5.82 Å². The van der Waals surface area contributed by atoms with Gasteiger partial charge in [-0.25, -0.2) is 9.18 Å². The van der Waals surface area contributed by atoms with Crippen molar-refractivity contribution in [3.63, 3.8) is 0 Å². The fourth-order valence-electron chi connectivity index (χ4n) is 1.24. The number of carboxylic acid groups (broad SMARTS) is 1. The van der Waals surface area contributed by atoms with Crippen molar-refractivity contribution < 1.29 is 14.3 Å². The van der Waals surface area contributed by atoms with Crippen LogP contribution in [-0.4, -0.2) is 21.3 Å². The lowest BCUT2D eigenvalue weighted by Crippen LogP contribution is -1.95. The van der Waals surface area contributed by atoms with Crippen LogP contribution in [0.2, 0.25) is 0 Å².